The van der Waals surface area contributed by atoms with Crippen molar-refractivity contribution in [3.8, 4) is 0 Å². The molecular weight excluding hydrogens is 154 g/mol. The Kier molecular flexibility index (Phi) is 3.38. The van der Waals surface area contributed by atoms with Crippen LogP contribution < -0.4 is 5.32 Å². The van der Waals surface area contributed by atoms with Crippen LogP contribution in [0.5, 0.6) is 0 Å². The topological polar surface area (TPSA) is 38.3 Å². The normalized spacial score (nSPS) is 18.8. The Hall–Kier alpha value is -1.25. The van der Waals surface area contributed by atoms with E-state index in [4.69, 9.17) is 4.74 Å². The molecule has 12 heavy (non-hydrogen) atoms. The fraction of sp³-hybridized carbons (Fsp3) is 0.444. The summed E-state index contributed by atoms with van der Waals surface area (Å²) in [5.41, 5.74) is 0.976. The van der Waals surface area contributed by atoms with Crippen LogP contribution in [0.1, 0.15) is 12.8 Å². The maximum atomic E-state index is 11.0. The number of carbonyl (C=O) groups is 1. The lowest BCUT2D eigenvalue weighted by molar-refractivity contribution is -0.136. The van der Waals surface area contributed by atoms with Gasteiger partial charge in [0.1, 0.15) is 6.61 Å². The Morgan fingerprint density at radius 1 is 1.75 bits per heavy atom. The van der Waals surface area contributed by atoms with Crippen molar-refractivity contribution in [2.75, 3.05) is 13.2 Å². The average molecular weight is 167 g/mol. The molecule has 1 aliphatic rings. The molecule has 0 aromatic carbocycles. The zero-order valence-electron chi connectivity index (χ0n) is 7.01. The third-order valence-corrected chi connectivity index (χ3v) is 1.61. The molecular formula is C9H13NO2. The highest BCUT2D eigenvalue weighted by molar-refractivity contribution is 5.82. The summed E-state index contributed by atoms with van der Waals surface area (Å²) in [5.74, 6) is -0.292. The van der Waals surface area contributed by atoms with E-state index < -0.39 is 0 Å². The summed E-state index contributed by atoms with van der Waals surface area (Å²) in [6.07, 6.45) is 5.11. The van der Waals surface area contributed by atoms with Crippen molar-refractivity contribution in [2.24, 2.45) is 0 Å². The van der Waals surface area contributed by atoms with Crippen LogP contribution >= 0.6 is 0 Å². The van der Waals surface area contributed by atoms with E-state index in [0.29, 0.717) is 0 Å². The van der Waals surface area contributed by atoms with Crippen molar-refractivity contribution in [2.45, 2.75) is 12.8 Å². The molecule has 1 aliphatic heterocycles. The predicted molar refractivity (Wildman–Crippen MR) is 46.5 cm³/mol. The summed E-state index contributed by atoms with van der Waals surface area (Å²) in [7, 11) is 0. The van der Waals surface area contributed by atoms with Crippen LogP contribution in [0.3, 0.4) is 0 Å². The standard InChI is InChI=1S/C9H13NO2/c1-2-6-12-9(11)7-8-4-3-5-10-8/h2,7,10H,1,3-6H2. The van der Waals surface area contributed by atoms with E-state index in [9.17, 15) is 4.79 Å². The van der Waals surface area contributed by atoms with Crippen molar-refractivity contribution < 1.29 is 9.53 Å². The minimum Gasteiger partial charge on any atom is -0.458 e. The maximum absolute atomic E-state index is 11.0. The van der Waals surface area contributed by atoms with E-state index in [1.54, 1.807) is 6.08 Å². The quantitative estimate of drug-likeness (QED) is 0.387. The van der Waals surface area contributed by atoms with Gasteiger partial charge in [-0.15, -0.1) is 0 Å². The SMILES string of the molecule is C=CCOC(=O)C=C1CCCN1. The fourth-order valence-corrected chi connectivity index (χ4v) is 1.06. The third kappa shape index (κ3) is 2.78. The molecule has 0 bridgehead atoms. The highest BCUT2D eigenvalue weighted by Gasteiger charge is 2.07. The second-order valence-electron chi connectivity index (χ2n) is 2.62. The minimum atomic E-state index is -0.292. The number of allylic oxidation sites excluding steroid dienone is 1. The van der Waals surface area contributed by atoms with Crippen molar-refractivity contribution in [1.29, 1.82) is 0 Å². The summed E-state index contributed by atoms with van der Waals surface area (Å²) >= 11 is 0. The van der Waals surface area contributed by atoms with Crippen molar-refractivity contribution in [1.82, 2.24) is 5.32 Å². The van der Waals surface area contributed by atoms with Gasteiger partial charge in [-0.3, -0.25) is 0 Å². The second-order valence-corrected chi connectivity index (χ2v) is 2.62. The molecule has 1 N–H and O–H groups in total. The Morgan fingerprint density at radius 3 is 3.17 bits per heavy atom. The average Bonchev–Trinajstić information content (AvgIpc) is 2.53. The van der Waals surface area contributed by atoms with E-state index in [-0.39, 0.29) is 12.6 Å². The smallest absolute Gasteiger partial charge is 0.332 e. The molecule has 3 heteroatoms. The molecule has 3 nitrogen and oxygen atoms in total. The molecule has 0 aliphatic carbocycles. The first kappa shape index (κ1) is 8.84. The molecule has 0 spiro atoms. The lowest BCUT2D eigenvalue weighted by Crippen LogP contribution is -2.08. The molecule has 66 valence electrons. The van der Waals surface area contributed by atoms with Gasteiger partial charge < -0.3 is 10.1 Å². The van der Waals surface area contributed by atoms with E-state index in [1.807, 2.05) is 0 Å². The number of rotatable bonds is 3. The lowest BCUT2D eigenvalue weighted by Gasteiger charge is -1.98. The molecule has 0 radical (unpaired) electrons. The van der Waals surface area contributed by atoms with Crippen LogP contribution in [-0.4, -0.2) is 19.1 Å². The van der Waals surface area contributed by atoms with Crippen molar-refractivity contribution >= 4 is 5.97 Å². The van der Waals surface area contributed by atoms with Crippen molar-refractivity contribution in [3.63, 3.8) is 0 Å². The number of hydrogen-bond donors (Lipinski definition) is 1. The van der Waals surface area contributed by atoms with Gasteiger partial charge in [0.2, 0.25) is 0 Å². The zero-order valence-corrected chi connectivity index (χ0v) is 7.01. The van der Waals surface area contributed by atoms with Crippen molar-refractivity contribution in [3.05, 3.63) is 24.4 Å². The second kappa shape index (κ2) is 4.59. The number of esters is 1. The number of hydrogen-bond acceptors (Lipinski definition) is 3. The summed E-state index contributed by atoms with van der Waals surface area (Å²) in [6, 6.07) is 0. The van der Waals surface area contributed by atoms with Gasteiger partial charge in [0.05, 0.1) is 0 Å². The van der Waals surface area contributed by atoms with E-state index in [2.05, 4.69) is 11.9 Å². The Morgan fingerprint density at radius 2 is 2.58 bits per heavy atom. The first-order valence-electron chi connectivity index (χ1n) is 4.05. The largest absolute Gasteiger partial charge is 0.458 e. The van der Waals surface area contributed by atoms with E-state index in [1.165, 1.54) is 6.08 Å². The molecule has 1 saturated heterocycles. The number of ether oxygens (including phenoxy) is 1. The number of nitrogens with one attached hydrogen (secondary N) is 1. The van der Waals surface area contributed by atoms with Gasteiger partial charge in [-0.1, -0.05) is 12.7 Å². The monoisotopic (exact) mass is 167 g/mol. The zero-order chi connectivity index (χ0) is 8.81. The summed E-state index contributed by atoms with van der Waals surface area (Å²) in [4.78, 5) is 11.0. The molecule has 0 unspecified atom stereocenters. The molecule has 1 fully saturated rings. The minimum absolute atomic E-state index is 0.280. The fourth-order valence-electron chi connectivity index (χ4n) is 1.06. The first-order chi connectivity index (χ1) is 5.83. The molecule has 1 heterocycles. The van der Waals surface area contributed by atoms with Gasteiger partial charge in [-0.25, -0.2) is 4.79 Å². The van der Waals surface area contributed by atoms with Gasteiger partial charge in [0, 0.05) is 18.3 Å². The van der Waals surface area contributed by atoms with Crippen LogP contribution in [0.15, 0.2) is 24.4 Å². The highest BCUT2D eigenvalue weighted by Crippen LogP contribution is 2.08. The molecule has 0 aromatic heterocycles. The van der Waals surface area contributed by atoms with Gasteiger partial charge in [0.15, 0.2) is 0 Å². The van der Waals surface area contributed by atoms with Crippen LogP contribution in [0.25, 0.3) is 0 Å². The highest BCUT2D eigenvalue weighted by atomic mass is 16.5. The summed E-state index contributed by atoms with van der Waals surface area (Å²) < 4.78 is 4.78. The molecule has 0 amide bonds. The Labute approximate surface area is 72.1 Å². The summed E-state index contributed by atoms with van der Waals surface area (Å²) in [5, 5.41) is 3.10. The lowest BCUT2D eigenvalue weighted by atomic mass is 10.3. The predicted octanol–water partition coefficient (Wildman–Crippen LogP) is 0.983. The van der Waals surface area contributed by atoms with Crippen LogP contribution in [0.2, 0.25) is 0 Å². The Bertz CT molecular complexity index is 201. The van der Waals surface area contributed by atoms with Crippen LogP contribution in [0.4, 0.5) is 0 Å². The summed E-state index contributed by atoms with van der Waals surface area (Å²) in [6.45, 7) is 4.69. The maximum Gasteiger partial charge on any atom is 0.332 e. The number of carbonyl (C=O) groups excluding carboxylic acids is 1. The van der Waals surface area contributed by atoms with E-state index in [0.717, 1.165) is 25.1 Å². The van der Waals surface area contributed by atoms with Gasteiger partial charge in [-0.05, 0) is 12.8 Å². The van der Waals surface area contributed by atoms with Gasteiger partial charge >= 0.3 is 5.97 Å². The van der Waals surface area contributed by atoms with Crippen LogP contribution in [-0.2, 0) is 9.53 Å². The molecule has 0 aromatic rings. The Balaban J connectivity index is 2.32. The van der Waals surface area contributed by atoms with Crippen LogP contribution in [0, 0.1) is 0 Å². The molecule has 0 atom stereocenters. The molecule has 1 rings (SSSR count). The molecule has 0 saturated carbocycles. The first-order valence-corrected chi connectivity index (χ1v) is 4.05. The third-order valence-electron chi connectivity index (χ3n) is 1.61. The van der Waals surface area contributed by atoms with Gasteiger partial charge in [-0.2, -0.15) is 0 Å². The van der Waals surface area contributed by atoms with Gasteiger partial charge in [0.25, 0.3) is 0 Å². The van der Waals surface area contributed by atoms with E-state index >= 15 is 0 Å².